The Labute approximate surface area is 178 Å². The lowest BCUT2D eigenvalue weighted by atomic mass is 10.1. The van der Waals surface area contributed by atoms with Crippen LogP contribution in [0.5, 0.6) is 11.5 Å². The summed E-state index contributed by atoms with van der Waals surface area (Å²) in [6.07, 6.45) is 5.01. The summed E-state index contributed by atoms with van der Waals surface area (Å²) in [7, 11) is 1.63. The first-order valence-corrected chi connectivity index (χ1v) is 10.5. The predicted molar refractivity (Wildman–Crippen MR) is 119 cm³/mol. The van der Waals surface area contributed by atoms with Crippen molar-refractivity contribution in [1.82, 2.24) is 9.47 Å². The average Bonchev–Trinajstić information content (AvgIpc) is 3.32. The minimum Gasteiger partial charge on any atom is -0.497 e. The molecule has 0 aliphatic carbocycles. The zero-order valence-electron chi connectivity index (χ0n) is 18.0. The van der Waals surface area contributed by atoms with Gasteiger partial charge in [0.05, 0.1) is 12.8 Å². The summed E-state index contributed by atoms with van der Waals surface area (Å²) < 4.78 is 13.7. The molecule has 30 heavy (non-hydrogen) atoms. The molecule has 5 heteroatoms. The molecule has 158 valence electrons. The minimum absolute atomic E-state index is 0.0221. The van der Waals surface area contributed by atoms with E-state index in [-0.39, 0.29) is 5.91 Å². The number of amides is 1. The molecule has 0 bridgehead atoms. The van der Waals surface area contributed by atoms with Gasteiger partial charge in [-0.3, -0.25) is 4.79 Å². The number of hydrogen-bond acceptors (Lipinski definition) is 3. The van der Waals surface area contributed by atoms with E-state index in [1.54, 1.807) is 7.11 Å². The van der Waals surface area contributed by atoms with Gasteiger partial charge in [0.2, 0.25) is 6.10 Å². The van der Waals surface area contributed by atoms with Crippen LogP contribution >= 0.6 is 0 Å². The number of hydrogen-bond donors (Lipinski definition) is 0. The van der Waals surface area contributed by atoms with Crippen LogP contribution in [-0.4, -0.2) is 35.6 Å². The second kappa shape index (κ2) is 10.5. The van der Waals surface area contributed by atoms with Gasteiger partial charge in [-0.2, -0.15) is 0 Å². The Balaban J connectivity index is 1.98. The van der Waals surface area contributed by atoms with Crippen molar-refractivity contribution in [1.29, 1.82) is 0 Å². The maximum absolute atomic E-state index is 13.5. The lowest BCUT2D eigenvalue weighted by molar-refractivity contribution is -0.139. The van der Waals surface area contributed by atoms with Gasteiger partial charge in [-0.1, -0.05) is 38.1 Å². The van der Waals surface area contributed by atoms with Gasteiger partial charge in [0.1, 0.15) is 11.5 Å². The number of methoxy groups -OCH3 is 1. The van der Waals surface area contributed by atoms with Crippen molar-refractivity contribution in [3.05, 3.63) is 78.6 Å². The maximum atomic E-state index is 13.5. The van der Waals surface area contributed by atoms with Crippen LogP contribution < -0.4 is 9.47 Å². The number of para-hydroxylation sites is 2. The number of carbonyl (C=O) groups is 1. The van der Waals surface area contributed by atoms with Crippen LogP contribution in [0.1, 0.15) is 38.4 Å². The fourth-order valence-electron chi connectivity index (χ4n) is 3.47. The van der Waals surface area contributed by atoms with Gasteiger partial charge in [-0.05, 0) is 49.2 Å². The summed E-state index contributed by atoms with van der Waals surface area (Å²) in [4.78, 5) is 15.4. The lowest BCUT2D eigenvalue weighted by Gasteiger charge is -2.28. The molecule has 0 fully saturated rings. The van der Waals surface area contributed by atoms with Gasteiger partial charge in [0.25, 0.3) is 5.91 Å². The minimum atomic E-state index is -0.731. The van der Waals surface area contributed by atoms with E-state index in [1.807, 2.05) is 82.5 Å². The molecule has 1 heterocycles. The third-order valence-corrected chi connectivity index (χ3v) is 4.93. The first-order chi connectivity index (χ1) is 14.7. The average molecular weight is 407 g/mol. The van der Waals surface area contributed by atoms with Crippen LogP contribution in [0.4, 0.5) is 0 Å². The fraction of sp³-hybridized carbons (Fsp3) is 0.320. The molecule has 0 aliphatic heterocycles. The molecule has 0 N–H and O–H groups in total. The van der Waals surface area contributed by atoms with Gasteiger partial charge >= 0.3 is 0 Å². The van der Waals surface area contributed by atoms with Crippen LogP contribution in [0.3, 0.4) is 0 Å². The van der Waals surface area contributed by atoms with Crippen LogP contribution in [0.25, 0.3) is 5.69 Å². The summed E-state index contributed by atoms with van der Waals surface area (Å²) in [6.45, 7) is 5.59. The number of benzene rings is 2. The standard InChI is InChI=1S/C25H30N2O3/c1-4-16-27(17-5-2)25(28)24(20-12-14-21(29-3)15-13-20)30-23-11-7-6-10-22(23)26-18-8-9-19-26/h6-15,18-19,24H,4-5,16-17H2,1-3H3. The quantitative estimate of drug-likeness (QED) is 0.462. The lowest BCUT2D eigenvalue weighted by Crippen LogP contribution is -2.38. The Kier molecular flexibility index (Phi) is 7.55. The fourth-order valence-corrected chi connectivity index (χ4v) is 3.47. The number of ether oxygens (including phenoxy) is 2. The highest BCUT2D eigenvalue weighted by molar-refractivity contribution is 5.83. The van der Waals surface area contributed by atoms with Crippen LogP contribution in [-0.2, 0) is 4.79 Å². The molecular formula is C25H30N2O3. The normalized spacial score (nSPS) is 11.7. The molecular weight excluding hydrogens is 376 g/mol. The molecule has 1 atom stereocenters. The highest BCUT2D eigenvalue weighted by Crippen LogP contribution is 2.30. The highest BCUT2D eigenvalue weighted by Gasteiger charge is 2.28. The first kappa shape index (κ1) is 21.5. The van der Waals surface area contributed by atoms with Crippen molar-refractivity contribution < 1.29 is 14.3 Å². The molecule has 1 unspecified atom stereocenters. The topological polar surface area (TPSA) is 43.7 Å². The first-order valence-electron chi connectivity index (χ1n) is 10.5. The number of rotatable bonds is 10. The molecule has 3 aromatic rings. The van der Waals surface area contributed by atoms with Crippen LogP contribution in [0.2, 0.25) is 0 Å². The Morgan fingerprint density at radius 2 is 1.57 bits per heavy atom. The number of nitrogens with zero attached hydrogens (tertiary/aromatic N) is 2. The summed E-state index contributed by atoms with van der Waals surface area (Å²) in [5.41, 5.74) is 1.70. The molecule has 3 rings (SSSR count). The second-order valence-electron chi connectivity index (χ2n) is 7.15. The molecule has 1 amide bonds. The van der Waals surface area contributed by atoms with E-state index in [9.17, 15) is 4.79 Å². The van der Waals surface area contributed by atoms with Crippen LogP contribution in [0, 0.1) is 0 Å². The summed E-state index contributed by atoms with van der Waals surface area (Å²) in [5, 5.41) is 0. The van der Waals surface area contributed by atoms with Crippen molar-refractivity contribution >= 4 is 5.91 Å². The summed E-state index contributed by atoms with van der Waals surface area (Å²) in [6, 6.07) is 19.2. The summed E-state index contributed by atoms with van der Waals surface area (Å²) in [5.74, 6) is 1.39. The third-order valence-electron chi connectivity index (χ3n) is 4.93. The SMILES string of the molecule is CCCN(CCC)C(=O)C(Oc1ccccc1-n1cccc1)c1ccc(OC)cc1. The zero-order valence-corrected chi connectivity index (χ0v) is 18.0. The Morgan fingerprint density at radius 3 is 2.17 bits per heavy atom. The van der Waals surface area contributed by atoms with Crippen molar-refractivity contribution in [3.8, 4) is 17.2 Å². The Morgan fingerprint density at radius 1 is 0.933 bits per heavy atom. The van der Waals surface area contributed by atoms with E-state index < -0.39 is 6.10 Å². The van der Waals surface area contributed by atoms with E-state index in [4.69, 9.17) is 9.47 Å². The summed E-state index contributed by atoms with van der Waals surface area (Å²) >= 11 is 0. The Bertz CT molecular complexity index is 914. The van der Waals surface area contributed by atoms with Gasteiger partial charge in [-0.25, -0.2) is 0 Å². The molecule has 0 saturated carbocycles. The number of aromatic nitrogens is 1. The maximum Gasteiger partial charge on any atom is 0.268 e. The van der Waals surface area contributed by atoms with E-state index in [0.717, 1.165) is 29.8 Å². The molecule has 0 saturated heterocycles. The van der Waals surface area contributed by atoms with Gasteiger partial charge in [0.15, 0.2) is 0 Å². The highest BCUT2D eigenvalue weighted by atomic mass is 16.5. The largest absolute Gasteiger partial charge is 0.497 e. The molecule has 1 aromatic heterocycles. The van der Waals surface area contributed by atoms with Gasteiger partial charge < -0.3 is 18.9 Å². The number of carbonyl (C=O) groups excluding carboxylic acids is 1. The van der Waals surface area contributed by atoms with Crippen molar-refractivity contribution in [2.24, 2.45) is 0 Å². The van der Waals surface area contributed by atoms with E-state index in [0.29, 0.717) is 18.8 Å². The Hall–Kier alpha value is -3.21. The smallest absolute Gasteiger partial charge is 0.268 e. The third kappa shape index (κ3) is 5.03. The van der Waals surface area contributed by atoms with Gasteiger partial charge in [-0.15, -0.1) is 0 Å². The van der Waals surface area contributed by atoms with Crippen molar-refractivity contribution in [3.63, 3.8) is 0 Å². The van der Waals surface area contributed by atoms with E-state index in [2.05, 4.69) is 13.8 Å². The van der Waals surface area contributed by atoms with Crippen molar-refractivity contribution in [2.75, 3.05) is 20.2 Å². The zero-order chi connectivity index (χ0) is 21.3. The van der Waals surface area contributed by atoms with Gasteiger partial charge in [0, 0.05) is 31.0 Å². The molecule has 2 aromatic carbocycles. The van der Waals surface area contributed by atoms with Crippen molar-refractivity contribution in [2.45, 2.75) is 32.8 Å². The van der Waals surface area contributed by atoms with Crippen LogP contribution in [0.15, 0.2) is 73.1 Å². The predicted octanol–water partition coefficient (Wildman–Crippen LogP) is 5.25. The van der Waals surface area contributed by atoms with E-state index in [1.165, 1.54) is 0 Å². The molecule has 0 radical (unpaired) electrons. The molecule has 0 aliphatic rings. The molecule has 0 spiro atoms. The second-order valence-corrected chi connectivity index (χ2v) is 7.15. The molecule has 5 nitrogen and oxygen atoms in total. The van der Waals surface area contributed by atoms with E-state index >= 15 is 0 Å². The monoisotopic (exact) mass is 406 g/mol.